The molecule has 18 heavy (non-hydrogen) atoms. The lowest BCUT2D eigenvalue weighted by Crippen LogP contribution is -2.28. The normalized spacial score (nSPS) is 15.2. The number of nitrogens with one attached hydrogen (secondary N) is 1. The predicted molar refractivity (Wildman–Crippen MR) is 72.1 cm³/mol. The van der Waals surface area contributed by atoms with E-state index in [0.29, 0.717) is 6.54 Å². The minimum atomic E-state index is -0.121. The maximum Gasteiger partial charge on any atom is 0.223 e. The Morgan fingerprint density at radius 2 is 2.28 bits per heavy atom. The number of hydrogen-bond donors (Lipinski definition) is 2. The average molecular weight is 263 g/mol. The molecule has 1 aromatic rings. The van der Waals surface area contributed by atoms with E-state index in [4.69, 9.17) is 5.11 Å². The molecule has 0 aromatic carbocycles. The number of aliphatic hydroxyl groups excluding tert-OH is 1. The molecule has 0 spiro atoms. The predicted octanol–water partition coefficient (Wildman–Crippen LogP) is 1.90. The van der Waals surface area contributed by atoms with Crippen LogP contribution in [0.1, 0.15) is 36.1 Å². The fourth-order valence-corrected chi connectivity index (χ4v) is 2.94. The summed E-state index contributed by atoms with van der Waals surface area (Å²) in [7, 11) is 0. The van der Waals surface area contributed by atoms with Gasteiger partial charge < -0.3 is 10.4 Å². The molecule has 4 heteroatoms. The van der Waals surface area contributed by atoms with Crippen molar-refractivity contribution < 1.29 is 9.90 Å². The lowest BCUT2D eigenvalue weighted by molar-refractivity contribution is -0.124. The van der Waals surface area contributed by atoms with E-state index in [1.807, 2.05) is 11.4 Å². The quantitative estimate of drug-likeness (QED) is 0.818. The Morgan fingerprint density at radius 3 is 3.00 bits per heavy atom. The van der Waals surface area contributed by atoms with Crippen LogP contribution in [0, 0.1) is 17.8 Å². The van der Waals surface area contributed by atoms with Crippen LogP contribution >= 0.6 is 11.3 Å². The minimum absolute atomic E-state index is 0.121. The van der Waals surface area contributed by atoms with Crippen LogP contribution in [0.25, 0.3) is 0 Å². The topological polar surface area (TPSA) is 49.3 Å². The molecule has 0 saturated heterocycles. The summed E-state index contributed by atoms with van der Waals surface area (Å²) in [5.41, 5.74) is 0.902. The molecular weight excluding hydrogens is 246 g/mol. The summed E-state index contributed by atoms with van der Waals surface area (Å²) in [6, 6.07) is 1.96. The van der Waals surface area contributed by atoms with E-state index >= 15 is 0 Å². The van der Waals surface area contributed by atoms with Gasteiger partial charge in [0.25, 0.3) is 0 Å². The number of amides is 1. The number of carbonyl (C=O) groups excluding carboxylic acids is 1. The van der Waals surface area contributed by atoms with E-state index in [2.05, 4.69) is 17.2 Å². The van der Waals surface area contributed by atoms with Crippen LogP contribution in [-0.2, 0) is 11.3 Å². The summed E-state index contributed by atoms with van der Waals surface area (Å²) < 4.78 is 0. The molecule has 2 N–H and O–H groups in total. The van der Waals surface area contributed by atoms with Gasteiger partial charge >= 0.3 is 0 Å². The lowest BCUT2D eigenvalue weighted by Gasteiger charge is -2.08. The molecule has 0 atom stereocenters. The molecule has 0 radical (unpaired) electrons. The number of hydrogen-bond acceptors (Lipinski definition) is 3. The third-order valence-corrected chi connectivity index (χ3v) is 4.07. The van der Waals surface area contributed by atoms with Gasteiger partial charge in [-0.05, 0) is 18.9 Å². The maximum absolute atomic E-state index is 11.8. The van der Waals surface area contributed by atoms with Gasteiger partial charge in [-0.1, -0.05) is 24.7 Å². The summed E-state index contributed by atoms with van der Waals surface area (Å²) >= 11 is 1.59. The first kappa shape index (κ1) is 13.1. The van der Waals surface area contributed by atoms with E-state index in [0.717, 1.165) is 23.3 Å². The van der Waals surface area contributed by atoms with Crippen molar-refractivity contribution in [3.8, 4) is 11.8 Å². The fourth-order valence-electron chi connectivity index (χ4n) is 2.19. The van der Waals surface area contributed by atoms with Gasteiger partial charge in [0.15, 0.2) is 0 Å². The summed E-state index contributed by atoms with van der Waals surface area (Å²) in [6.45, 7) is 0.463. The highest BCUT2D eigenvalue weighted by Gasteiger charge is 2.22. The van der Waals surface area contributed by atoms with Gasteiger partial charge in [0.1, 0.15) is 6.61 Å². The monoisotopic (exact) mass is 263 g/mol. The van der Waals surface area contributed by atoms with Gasteiger partial charge in [-0.15, -0.1) is 11.3 Å². The highest BCUT2D eigenvalue weighted by atomic mass is 32.1. The molecule has 1 heterocycles. The molecular formula is C14H17NO2S. The van der Waals surface area contributed by atoms with E-state index in [1.165, 1.54) is 12.8 Å². The van der Waals surface area contributed by atoms with E-state index in [9.17, 15) is 4.79 Å². The van der Waals surface area contributed by atoms with Crippen molar-refractivity contribution in [2.75, 3.05) is 6.61 Å². The first-order valence-electron chi connectivity index (χ1n) is 6.24. The Kier molecular flexibility index (Phi) is 4.80. The van der Waals surface area contributed by atoms with E-state index < -0.39 is 0 Å². The first-order valence-corrected chi connectivity index (χ1v) is 7.12. The van der Waals surface area contributed by atoms with Crippen LogP contribution in [0.5, 0.6) is 0 Å². The Balaban J connectivity index is 1.82. The third kappa shape index (κ3) is 3.59. The second-order valence-corrected chi connectivity index (χ2v) is 5.46. The number of carbonyl (C=O) groups is 1. The zero-order valence-electron chi connectivity index (χ0n) is 10.2. The first-order chi connectivity index (χ1) is 8.79. The average Bonchev–Trinajstić information content (AvgIpc) is 3.04. The van der Waals surface area contributed by atoms with Crippen LogP contribution in [-0.4, -0.2) is 17.6 Å². The number of thiophene rings is 1. The van der Waals surface area contributed by atoms with Crippen LogP contribution in [0.3, 0.4) is 0 Å². The summed E-state index contributed by atoms with van der Waals surface area (Å²) in [4.78, 5) is 12.9. The molecule has 1 amide bonds. The Bertz CT molecular complexity index is 464. The van der Waals surface area contributed by atoms with Crippen LogP contribution in [0.15, 0.2) is 11.4 Å². The van der Waals surface area contributed by atoms with Crippen LogP contribution < -0.4 is 5.32 Å². The van der Waals surface area contributed by atoms with Crippen molar-refractivity contribution in [1.29, 1.82) is 0 Å². The minimum Gasteiger partial charge on any atom is -0.384 e. The van der Waals surface area contributed by atoms with Crippen molar-refractivity contribution in [3.05, 3.63) is 21.9 Å². The SMILES string of the molecule is O=C(NCc1cc(C#CCO)cs1)C1CCCC1. The summed E-state index contributed by atoms with van der Waals surface area (Å²) in [5, 5.41) is 13.5. The molecule has 0 aliphatic heterocycles. The van der Waals surface area contributed by atoms with Gasteiger partial charge in [-0.2, -0.15) is 0 Å². The molecule has 0 unspecified atom stereocenters. The molecule has 2 rings (SSSR count). The van der Waals surface area contributed by atoms with Gasteiger partial charge in [0.2, 0.25) is 5.91 Å². The second-order valence-electron chi connectivity index (χ2n) is 4.46. The van der Waals surface area contributed by atoms with Gasteiger partial charge in [-0.3, -0.25) is 4.79 Å². The summed E-state index contributed by atoms with van der Waals surface area (Å²) in [6.07, 6.45) is 4.42. The largest absolute Gasteiger partial charge is 0.384 e. The lowest BCUT2D eigenvalue weighted by atomic mass is 10.1. The molecule has 3 nitrogen and oxygen atoms in total. The van der Waals surface area contributed by atoms with Gasteiger partial charge in [0.05, 0.1) is 6.54 Å². The van der Waals surface area contributed by atoms with Crippen molar-refractivity contribution >= 4 is 17.2 Å². The van der Waals surface area contributed by atoms with Crippen molar-refractivity contribution in [2.24, 2.45) is 5.92 Å². The molecule has 96 valence electrons. The Hall–Kier alpha value is -1.31. The van der Waals surface area contributed by atoms with Crippen molar-refractivity contribution in [3.63, 3.8) is 0 Å². The zero-order valence-corrected chi connectivity index (χ0v) is 11.1. The highest BCUT2D eigenvalue weighted by molar-refractivity contribution is 7.10. The van der Waals surface area contributed by atoms with Gasteiger partial charge in [-0.25, -0.2) is 0 Å². The van der Waals surface area contributed by atoms with Crippen LogP contribution in [0.4, 0.5) is 0 Å². The standard InChI is InChI=1S/C14H17NO2S/c16-7-3-4-11-8-13(18-10-11)9-15-14(17)12-5-1-2-6-12/h8,10,12,16H,1-2,5-7,9H2,(H,15,17). The molecule has 1 aliphatic carbocycles. The molecule has 1 aliphatic rings. The number of rotatable bonds is 3. The Labute approximate surface area is 111 Å². The smallest absolute Gasteiger partial charge is 0.223 e. The molecule has 1 saturated carbocycles. The summed E-state index contributed by atoms with van der Waals surface area (Å²) in [5.74, 6) is 5.87. The number of aliphatic hydroxyl groups is 1. The van der Waals surface area contributed by atoms with Crippen molar-refractivity contribution in [2.45, 2.75) is 32.2 Å². The van der Waals surface area contributed by atoms with Gasteiger partial charge in [0, 0.05) is 21.7 Å². The third-order valence-electron chi connectivity index (χ3n) is 3.13. The maximum atomic E-state index is 11.8. The Morgan fingerprint density at radius 1 is 1.50 bits per heavy atom. The van der Waals surface area contributed by atoms with Crippen LogP contribution in [0.2, 0.25) is 0 Å². The van der Waals surface area contributed by atoms with E-state index in [1.54, 1.807) is 11.3 Å². The van der Waals surface area contributed by atoms with Crippen molar-refractivity contribution in [1.82, 2.24) is 5.32 Å². The molecule has 1 fully saturated rings. The highest BCUT2D eigenvalue weighted by Crippen LogP contribution is 2.24. The second kappa shape index (κ2) is 6.58. The zero-order chi connectivity index (χ0) is 12.8. The van der Waals surface area contributed by atoms with E-state index in [-0.39, 0.29) is 18.4 Å². The fraction of sp³-hybridized carbons (Fsp3) is 0.500. The molecule has 0 bridgehead atoms. The molecule has 1 aromatic heterocycles.